The molecule has 0 N–H and O–H groups in total. The van der Waals surface area contributed by atoms with E-state index in [0.717, 1.165) is 19.3 Å². The standard InChI is InChI=1S/C14H29NO4Si/c1-4-17-20(18-5-2,19-6-3)13-15(12-16)14-10-8-7-9-11-14/h12,14H,4-11,13H2,1-3H3. The molecule has 1 aliphatic rings. The number of amides is 1. The van der Waals surface area contributed by atoms with Gasteiger partial charge in [-0.25, -0.2) is 0 Å². The lowest BCUT2D eigenvalue weighted by Crippen LogP contribution is -2.57. The molecule has 0 bridgehead atoms. The molecule has 118 valence electrons. The van der Waals surface area contributed by atoms with E-state index in [4.69, 9.17) is 13.3 Å². The van der Waals surface area contributed by atoms with E-state index in [1.807, 2.05) is 25.7 Å². The fraction of sp³-hybridized carbons (Fsp3) is 0.929. The molecule has 0 heterocycles. The molecule has 1 amide bonds. The fourth-order valence-corrected chi connectivity index (χ4v) is 5.43. The number of hydrogen-bond acceptors (Lipinski definition) is 4. The minimum absolute atomic E-state index is 0.314. The first-order chi connectivity index (χ1) is 9.71. The highest BCUT2D eigenvalue weighted by molar-refractivity contribution is 6.61. The van der Waals surface area contributed by atoms with Crippen LogP contribution in [0.3, 0.4) is 0 Å². The minimum atomic E-state index is -2.77. The summed E-state index contributed by atoms with van der Waals surface area (Å²) in [5.74, 6) is 0. The van der Waals surface area contributed by atoms with Crippen LogP contribution in [0.2, 0.25) is 0 Å². The molecular weight excluding hydrogens is 274 g/mol. The Labute approximate surface area is 123 Å². The lowest BCUT2D eigenvalue weighted by Gasteiger charge is -2.37. The average molecular weight is 303 g/mol. The third-order valence-corrected chi connectivity index (χ3v) is 6.59. The van der Waals surface area contributed by atoms with Gasteiger partial charge >= 0.3 is 8.80 Å². The zero-order chi connectivity index (χ0) is 14.8. The molecule has 0 aromatic heterocycles. The summed E-state index contributed by atoms with van der Waals surface area (Å²) in [6.45, 7) is 7.44. The number of nitrogens with zero attached hydrogens (tertiary/aromatic N) is 1. The molecule has 0 radical (unpaired) electrons. The average Bonchev–Trinajstić information content (AvgIpc) is 2.46. The Morgan fingerprint density at radius 1 is 1.00 bits per heavy atom. The lowest BCUT2D eigenvalue weighted by atomic mass is 9.95. The minimum Gasteiger partial charge on any atom is -0.373 e. The third kappa shape index (κ3) is 5.16. The molecule has 1 saturated carbocycles. The summed E-state index contributed by atoms with van der Waals surface area (Å²) < 4.78 is 17.5. The summed E-state index contributed by atoms with van der Waals surface area (Å²) in [7, 11) is -2.77. The van der Waals surface area contributed by atoms with Gasteiger partial charge in [0.1, 0.15) is 0 Å². The highest BCUT2D eigenvalue weighted by Crippen LogP contribution is 2.23. The smallest absolute Gasteiger partial charge is 0.373 e. The van der Waals surface area contributed by atoms with E-state index in [1.54, 1.807) is 0 Å². The molecule has 1 fully saturated rings. The topological polar surface area (TPSA) is 48.0 Å². The van der Waals surface area contributed by atoms with Gasteiger partial charge in [0, 0.05) is 25.9 Å². The molecule has 20 heavy (non-hydrogen) atoms. The van der Waals surface area contributed by atoms with E-state index < -0.39 is 8.80 Å². The summed E-state index contributed by atoms with van der Waals surface area (Å²) in [6.07, 6.45) is 7.23. The van der Waals surface area contributed by atoms with Crippen molar-refractivity contribution in [1.29, 1.82) is 0 Å². The second-order valence-corrected chi connectivity index (χ2v) is 7.60. The van der Waals surface area contributed by atoms with Crippen molar-refractivity contribution in [2.75, 3.05) is 26.0 Å². The highest BCUT2D eigenvalue weighted by Gasteiger charge is 2.43. The zero-order valence-corrected chi connectivity index (χ0v) is 14.1. The van der Waals surface area contributed by atoms with Crippen LogP contribution in [0.4, 0.5) is 0 Å². The molecule has 0 aliphatic heterocycles. The van der Waals surface area contributed by atoms with Crippen molar-refractivity contribution in [2.45, 2.75) is 58.9 Å². The number of hydrogen-bond donors (Lipinski definition) is 0. The van der Waals surface area contributed by atoms with E-state index in [2.05, 4.69) is 0 Å². The van der Waals surface area contributed by atoms with Crippen molar-refractivity contribution in [3.63, 3.8) is 0 Å². The number of carbonyl (C=O) groups is 1. The number of carbonyl (C=O) groups excluding carboxylic acids is 1. The molecule has 0 aromatic rings. The van der Waals surface area contributed by atoms with Crippen LogP contribution < -0.4 is 0 Å². The number of rotatable bonds is 10. The van der Waals surface area contributed by atoms with Crippen LogP contribution in [-0.4, -0.2) is 52.1 Å². The summed E-state index contributed by atoms with van der Waals surface area (Å²) >= 11 is 0. The van der Waals surface area contributed by atoms with Crippen molar-refractivity contribution in [1.82, 2.24) is 4.90 Å². The van der Waals surface area contributed by atoms with Gasteiger partial charge in [-0.1, -0.05) is 19.3 Å². The maximum atomic E-state index is 11.5. The lowest BCUT2D eigenvalue weighted by molar-refractivity contribution is -0.121. The first-order valence-electron chi connectivity index (χ1n) is 7.84. The Bertz CT molecular complexity index is 255. The zero-order valence-electron chi connectivity index (χ0n) is 13.1. The van der Waals surface area contributed by atoms with Crippen molar-refractivity contribution < 1.29 is 18.1 Å². The van der Waals surface area contributed by atoms with Crippen molar-refractivity contribution in [3.8, 4) is 0 Å². The summed E-state index contributed by atoms with van der Waals surface area (Å²) in [5.41, 5.74) is 0. The largest absolute Gasteiger partial charge is 0.521 e. The molecular formula is C14H29NO4Si. The van der Waals surface area contributed by atoms with E-state index in [1.165, 1.54) is 19.3 Å². The summed E-state index contributed by atoms with van der Waals surface area (Å²) in [4.78, 5) is 13.3. The monoisotopic (exact) mass is 303 g/mol. The molecule has 0 unspecified atom stereocenters. The van der Waals surface area contributed by atoms with Crippen LogP contribution in [0.25, 0.3) is 0 Å². The van der Waals surface area contributed by atoms with Crippen molar-refractivity contribution >= 4 is 15.2 Å². The normalized spacial score (nSPS) is 17.1. The van der Waals surface area contributed by atoms with E-state index in [9.17, 15) is 4.79 Å². The second kappa shape index (κ2) is 9.49. The summed E-state index contributed by atoms with van der Waals surface area (Å²) in [6, 6.07) is 0.314. The van der Waals surface area contributed by atoms with Crippen LogP contribution in [0.15, 0.2) is 0 Å². The quantitative estimate of drug-likeness (QED) is 0.459. The van der Waals surface area contributed by atoms with Gasteiger partial charge in [-0.2, -0.15) is 0 Å². The van der Waals surface area contributed by atoms with Gasteiger partial charge in [-0.15, -0.1) is 0 Å². The van der Waals surface area contributed by atoms with Gasteiger partial charge in [0.25, 0.3) is 0 Å². The molecule has 0 aromatic carbocycles. The third-order valence-electron chi connectivity index (χ3n) is 3.65. The van der Waals surface area contributed by atoms with Gasteiger partial charge in [0.2, 0.25) is 6.41 Å². The van der Waals surface area contributed by atoms with Gasteiger partial charge < -0.3 is 18.2 Å². The maximum Gasteiger partial charge on any atom is 0.521 e. The Hall–Kier alpha value is -0.433. The molecule has 0 atom stereocenters. The highest BCUT2D eigenvalue weighted by atomic mass is 28.4. The van der Waals surface area contributed by atoms with Gasteiger partial charge in [0.05, 0.1) is 6.17 Å². The van der Waals surface area contributed by atoms with Crippen LogP contribution in [-0.2, 0) is 18.1 Å². The molecule has 1 rings (SSSR count). The second-order valence-electron chi connectivity index (χ2n) is 5.05. The summed E-state index contributed by atoms with van der Waals surface area (Å²) in [5, 5.41) is 0. The van der Waals surface area contributed by atoms with Crippen LogP contribution in [0.5, 0.6) is 0 Å². The fourth-order valence-electron chi connectivity index (χ4n) is 2.81. The predicted molar refractivity (Wildman–Crippen MR) is 80.3 cm³/mol. The van der Waals surface area contributed by atoms with E-state index in [0.29, 0.717) is 32.0 Å². The maximum absolute atomic E-state index is 11.5. The van der Waals surface area contributed by atoms with Gasteiger partial charge in [0.15, 0.2) is 0 Å². The molecule has 1 aliphatic carbocycles. The molecule has 5 nitrogen and oxygen atoms in total. The van der Waals surface area contributed by atoms with Crippen molar-refractivity contribution in [2.24, 2.45) is 0 Å². The molecule has 0 spiro atoms. The molecule has 0 saturated heterocycles. The Kier molecular flexibility index (Phi) is 8.36. The van der Waals surface area contributed by atoms with Crippen LogP contribution >= 0.6 is 0 Å². The molecule has 6 heteroatoms. The van der Waals surface area contributed by atoms with E-state index in [-0.39, 0.29) is 0 Å². The van der Waals surface area contributed by atoms with Crippen LogP contribution in [0.1, 0.15) is 52.9 Å². The van der Waals surface area contributed by atoms with Gasteiger partial charge in [-0.3, -0.25) is 4.79 Å². The predicted octanol–water partition coefficient (Wildman–Crippen LogP) is 2.37. The Balaban J connectivity index is 2.74. The van der Waals surface area contributed by atoms with Crippen LogP contribution in [0, 0.1) is 0 Å². The first kappa shape index (κ1) is 17.6. The Morgan fingerprint density at radius 2 is 1.50 bits per heavy atom. The Morgan fingerprint density at radius 3 is 1.90 bits per heavy atom. The SMILES string of the molecule is CCO[Si](CN(C=O)C1CCCCC1)(OCC)OCC. The first-order valence-corrected chi connectivity index (χ1v) is 9.77. The van der Waals surface area contributed by atoms with Crippen molar-refractivity contribution in [3.05, 3.63) is 0 Å². The van der Waals surface area contributed by atoms with Gasteiger partial charge in [-0.05, 0) is 33.6 Å². The van der Waals surface area contributed by atoms with E-state index >= 15 is 0 Å².